The van der Waals surface area contributed by atoms with Gasteiger partial charge in [0.15, 0.2) is 5.78 Å². The van der Waals surface area contributed by atoms with Crippen molar-refractivity contribution in [2.24, 2.45) is 5.41 Å². The van der Waals surface area contributed by atoms with Crippen molar-refractivity contribution >= 4 is 52.5 Å². The molecule has 1 aliphatic heterocycles. The van der Waals surface area contributed by atoms with E-state index < -0.39 is 39.8 Å². The molecule has 1 heterocycles. The SMILES string of the molecule is CCC(C)(C)c1ccc(OCCCC(=O)Nc2cccc(NC(=O)C(Cl)(C(=O)C(C)(C)C)N3C(=O)NC(C)(O)C3=O)c2)c(C(C)(C)CC)c1. The Morgan fingerprint density at radius 1 is 0.918 bits per heavy atom. The highest BCUT2D eigenvalue weighted by atomic mass is 35.5. The quantitative estimate of drug-likeness (QED) is 0.0569. The summed E-state index contributed by atoms with van der Waals surface area (Å²) in [6.07, 6.45) is 2.57. The molecule has 12 heteroatoms. The molecule has 0 aromatic heterocycles. The number of Topliss-reactive ketones (excluding diaryl/α,β-unsaturated/α-hetero) is 1. The molecule has 0 saturated carbocycles. The largest absolute Gasteiger partial charge is 0.493 e. The van der Waals surface area contributed by atoms with E-state index in [2.05, 4.69) is 64.3 Å². The molecule has 1 aliphatic rings. The van der Waals surface area contributed by atoms with Gasteiger partial charge in [-0.15, -0.1) is 0 Å². The minimum absolute atomic E-state index is 0.0394. The minimum atomic E-state index is -2.82. The molecule has 2 atom stereocenters. The van der Waals surface area contributed by atoms with E-state index in [1.54, 1.807) is 12.1 Å². The van der Waals surface area contributed by atoms with Crippen LogP contribution >= 0.6 is 11.6 Å². The van der Waals surface area contributed by atoms with E-state index >= 15 is 0 Å². The Morgan fingerprint density at radius 3 is 2.04 bits per heavy atom. The standard InChI is InChI=1S/C37H51ClN4O7/c1-11-34(6,7)23-18-19-27(26(21-23)35(8,9)12-2)49-20-14-17-28(43)39-24-15-13-16-25(22-24)40-30(45)37(38,29(44)33(3,4)5)42-31(46)36(10,48)41-32(42)47/h13,15-16,18-19,21-22,48H,11-12,14,17,20H2,1-10H3,(H,39,43)(H,40,45)(H,41,47). The van der Waals surface area contributed by atoms with E-state index in [4.69, 9.17) is 16.3 Å². The van der Waals surface area contributed by atoms with Gasteiger partial charge in [0.25, 0.3) is 16.8 Å². The summed E-state index contributed by atoms with van der Waals surface area (Å²) in [5.74, 6) is -2.86. The summed E-state index contributed by atoms with van der Waals surface area (Å²) in [5, 5.41) is 17.6. The van der Waals surface area contributed by atoms with Gasteiger partial charge < -0.3 is 25.8 Å². The number of aliphatic hydroxyl groups is 1. The molecular weight excluding hydrogens is 648 g/mol. The van der Waals surface area contributed by atoms with Gasteiger partial charge in [0.05, 0.1) is 6.61 Å². The fourth-order valence-electron chi connectivity index (χ4n) is 5.24. The summed E-state index contributed by atoms with van der Waals surface area (Å²) in [5.41, 5.74) is -0.793. The van der Waals surface area contributed by atoms with Crippen molar-refractivity contribution in [3.8, 4) is 5.75 Å². The summed E-state index contributed by atoms with van der Waals surface area (Å²) in [6, 6.07) is 11.3. The lowest BCUT2D eigenvalue weighted by Gasteiger charge is -2.35. The number of nitrogens with zero attached hydrogens (tertiary/aromatic N) is 1. The molecule has 0 aliphatic carbocycles. The molecular formula is C37H51ClN4O7. The van der Waals surface area contributed by atoms with Gasteiger partial charge in [0, 0.05) is 28.8 Å². The van der Waals surface area contributed by atoms with E-state index in [-0.39, 0.29) is 33.7 Å². The van der Waals surface area contributed by atoms with Gasteiger partial charge >= 0.3 is 6.03 Å². The molecule has 0 bridgehead atoms. The van der Waals surface area contributed by atoms with Crippen molar-refractivity contribution in [1.82, 2.24) is 10.2 Å². The van der Waals surface area contributed by atoms with E-state index in [9.17, 15) is 29.1 Å². The maximum Gasteiger partial charge on any atom is 0.329 e. The molecule has 11 nitrogen and oxygen atoms in total. The van der Waals surface area contributed by atoms with Crippen LogP contribution in [0.3, 0.4) is 0 Å². The third-order valence-corrected chi connectivity index (χ3v) is 9.74. The lowest BCUT2D eigenvalue weighted by atomic mass is 9.76. The first kappa shape index (κ1) is 39.5. The van der Waals surface area contributed by atoms with Crippen molar-refractivity contribution < 1.29 is 33.8 Å². The molecule has 3 rings (SSSR count). The zero-order chi connectivity index (χ0) is 37.2. The number of halogens is 1. The number of carbonyl (C=O) groups is 5. The molecule has 2 unspecified atom stereocenters. The molecule has 2 aromatic rings. The van der Waals surface area contributed by atoms with Crippen molar-refractivity contribution in [3.63, 3.8) is 0 Å². The predicted octanol–water partition coefficient (Wildman–Crippen LogP) is 6.61. The Morgan fingerprint density at radius 2 is 1.51 bits per heavy atom. The number of hydrogen-bond acceptors (Lipinski definition) is 7. The van der Waals surface area contributed by atoms with Crippen LogP contribution in [0.4, 0.5) is 16.2 Å². The number of rotatable bonds is 14. The van der Waals surface area contributed by atoms with Crippen LogP contribution in [0.5, 0.6) is 5.75 Å². The first-order valence-electron chi connectivity index (χ1n) is 16.6. The average Bonchev–Trinajstić information content (AvgIpc) is 3.23. The number of urea groups is 1. The molecule has 4 N–H and O–H groups in total. The highest BCUT2D eigenvalue weighted by molar-refractivity contribution is 6.50. The second-order valence-corrected chi connectivity index (χ2v) is 15.6. The van der Waals surface area contributed by atoms with Crippen molar-refractivity contribution in [1.29, 1.82) is 0 Å². The average molecular weight is 699 g/mol. The van der Waals surface area contributed by atoms with Gasteiger partial charge in [-0.25, -0.2) is 9.69 Å². The van der Waals surface area contributed by atoms with Gasteiger partial charge in [-0.05, 0) is 66.8 Å². The van der Waals surface area contributed by atoms with Crippen LogP contribution in [-0.4, -0.2) is 56.9 Å². The number of amides is 5. The zero-order valence-electron chi connectivity index (χ0n) is 30.3. The number of nitrogens with one attached hydrogen (secondary N) is 3. The monoisotopic (exact) mass is 698 g/mol. The molecule has 0 spiro atoms. The number of imide groups is 1. The first-order chi connectivity index (χ1) is 22.5. The number of alkyl halides is 1. The maximum atomic E-state index is 13.6. The fraction of sp³-hybridized carbons (Fsp3) is 0.541. The fourth-order valence-corrected chi connectivity index (χ4v) is 5.72. The van der Waals surface area contributed by atoms with Crippen LogP contribution in [0.1, 0.15) is 106 Å². The second-order valence-electron chi connectivity index (χ2n) is 15.1. The van der Waals surface area contributed by atoms with E-state index in [0.29, 0.717) is 18.7 Å². The molecule has 1 fully saturated rings. The van der Waals surface area contributed by atoms with Crippen LogP contribution < -0.4 is 20.7 Å². The lowest BCUT2D eigenvalue weighted by Crippen LogP contribution is -2.63. The summed E-state index contributed by atoms with van der Waals surface area (Å²) < 4.78 is 6.20. The molecule has 5 amide bonds. The molecule has 49 heavy (non-hydrogen) atoms. The van der Waals surface area contributed by atoms with Crippen molar-refractivity contribution in [2.75, 3.05) is 17.2 Å². The Kier molecular flexibility index (Phi) is 11.7. The number of hydrogen-bond donors (Lipinski definition) is 4. The van der Waals surface area contributed by atoms with Crippen LogP contribution in [0.25, 0.3) is 0 Å². The van der Waals surface area contributed by atoms with Crippen LogP contribution in [0.2, 0.25) is 0 Å². The third-order valence-electron chi connectivity index (χ3n) is 9.23. The Balaban J connectivity index is 1.69. The van der Waals surface area contributed by atoms with Crippen molar-refractivity contribution in [2.45, 2.75) is 116 Å². The van der Waals surface area contributed by atoms with Gasteiger partial charge in [0.1, 0.15) is 5.75 Å². The number of carbonyl (C=O) groups excluding carboxylic acids is 5. The van der Waals surface area contributed by atoms with E-state index in [0.717, 1.165) is 31.1 Å². The lowest BCUT2D eigenvalue weighted by molar-refractivity contribution is -0.153. The molecule has 268 valence electrons. The van der Waals surface area contributed by atoms with E-state index in [1.165, 1.54) is 38.5 Å². The normalized spacial score (nSPS) is 18.1. The van der Waals surface area contributed by atoms with Gasteiger partial charge in [-0.3, -0.25) is 19.2 Å². The van der Waals surface area contributed by atoms with Gasteiger partial charge in [-0.1, -0.05) is 92.1 Å². The first-order valence-corrected chi connectivity index (χ1v) is 17.0. The topological polar surface area (TPSA) is 154 Å². The van der Waals surface area contributed by atoms with Crippen LogP contribution in [0, 0.1) is 5.41 Å². The van der Waals surface area contributed by atoms with Crippen LogP contribution in [0.15, 0.2) is 42.5 Å². The number of benzene rings is 2. The van der Waals surface area contributed by atoms with Gasteiger partial charge in [0.2, 0.25) is 11.6 Å². The maximum absolute atomic E-state index is 13.6. The Labute approximate surface area is 294 Å². The highest BCUT2D eigenvalue weighted by Gasteiger charge is 2.63. The second kappa shape index (κ2) is 14.5. The van der Waals surface area contributed by atoms with Crippen LogP contribution in [-0.2, 0) is 30.0 Å². The number of ether oxygens (including phenoxy) is 1. The van der Waals surface area contributed by atoms with E-state index in [1.807, 2.05) is 11.4 Å². The third kappa shape index (κ3) is 8.62. The molecule has 0 radical (unpaired) electrons. The summed E-state index contributed by atoms with van der Waals surface area (Å²) in [4.78, 5) is 62.9. The van der Waals surface area contributed by atoms with Crippen molar-refractivity contribution in [3.05, 3.63) is 53.6 Å². The minimum Gasteiger partial charge on any atom is -0.493 e. The number of ketones is 1. The Hall–Kier alpha value is -3.96. The predicted molar refractivity (Wildman–Crippen MR) is 191 cm³/mol. The summed E-state index contributed by atoms with van der Waals surface area (Å²) in [6.45, 7) is 19.0. The molecule has 1 saturated heterocycles. The summed E-state index contributed by atoms with van der Waals surface area (Å²) >= 11 is 6.60. The Bertz CT molecular complexity index is 1610. The number of anilines is 2. The summed E-state index contributed by atoms with van der Waals surface area (Å²) in [7, 11) is 0. The van der Waals surface area contributed by atoms with Gasteiger partial charge in [-0.2, -0.15) is 0 Å². The molecule has 2 aromatic carbocycles. The highest BCUT2D eigenvalue weighted by Crippen LogP contribution is 2.39. The smallest absolute Gasteiger partial charge is 0.329 e. The zero-order valence-corrected chi connectivity index (χ0v) is 31.1.